The molecule has 2 fully saturated rings. The molecule has 2 aromatic carbocycles. The van der Waals surface area contributed by atoms with E-state index < -0.39 is 46.2 Å². The Morgan fingerprint density at radius 2 is 1.61 bits per heavy atom. The average molecular weight is 554 g/mol. The summed E-state index contributed by atoms with van der Waals surface area (Å²) >= 11 is 19.0. The van der Waals surface area contributed by atoms with E-state index in [9.17, 15) is 9.59 Å². The van der Waals surface area contributed by atoms with Crippen molar-refractivity contribution in [3.05, 3.63) is 68.7 Å². The molecule has 2 amide bonds. The van der Waals surface area contributed by atoms with E-state index in [0.29, 0.717) is 27.1 Å². The van der Waals surface area contributed by atoms with E-state index in [2.05, 4.69) is 0 Å². The van der Waals surface area contributed by atoms with Gasteiger partial charge >= 0.3 is 6.09 Å². The minimum atomic E-state index is -1.65. The third-order valence-electron chi connectivity index (χ3n) is 7.70. The Bertz CT molecular complexity index is 1220. The van der Waals surface area contributed by atoms with Crippen LogP contribution in [-0.4, -0.2) is 39.6 Å². The predicted octanol–water partition coefficient (Wildman–Crippen LogP) is 4.94. The van der Waals surface area contributed by atoms with Gasteiger partial charge in [0.2, 0.25) is 0 Å². The van der Waals surface area contributed by atoms with Crippen molar-refractivity contribution >= 4 is 46.8 Å². The van der Waals surface area contributed by atoms with Crippen molar-refractivity contribution in [2.75, 3.05) is 0 Å². The first kappa shape index (κ1) is 27.2. The van der Waals surface area contributed by atoms with Crippen LogP contribution in [0, 0.1) is 0 Å². The van der Waals surface area contributed by atoms with Crippen LogP contribution in [-0.2, 0) is 15.1 Å². The topological polar surface area (TPSA) is 125 Å². The number of nitrogens with zero attached hydrogens (tertiary/aromatic N) is 1. The van der Waals surface area contributed by atoms with Crippen molar-refractivity contribution in [3.63, 3.8) is 0 Å². The number of fused-ring (bicyclic) bond motifs is 1. The Balaban J connectivity index is 1.96. The summed E-state index contributed by atoms with van der Waals surface area (Å²) in [4.78, 5) is 28.1. The fraction of sp³-hybridized carbons (Fsp3) is 0.462. The molecule has 5 atom stereocenters. The van der Waals surface area contributed by atoms with Gasteiger partial charge in [0.25, 0.3) is 5.91 Å². The van der Waals surface area contributed by atoms with Gasteiger partial charge in [-0.2, -0.15) is 0 Å². The Kier molecular flexibility index (Phi) is 6.69. The second-order valence-electron chi connectivity index (χ2n) is 10.8. The van der Waals surface area contributed by atoms with Crippen LogP contribution in [0.15, 0.2) is 42.5 Å². The molecule has 2 aliphatic rings. The van der Waals surface area contributed by atoms with Crippen LogP contribution in [0.4, 0.5) is 4.79 Å². The monoisotopic (exact) mass is 552 g/mol. The number of nitrogens with two attached hydrogens (primary N) is 3. The molecule has 1 heterocycles. The molecular formula is C26H31Cl3N4O3. The van der Waals surface area contributed by atoms with Crippen LogP contribution >= 0.6 is 34.8 Å². The molecule has 1 aliphatic heterocycles. The number of carbonyl (C=O) groups is 2. The second kappa shape index (κ2) is 8.86. The maximum atomic E-state index is 13.8. The Labute approximate surface area is 226 Å². The number of carbonyl (C=O) groups excluding carboxylic acids is 2. The number of imide groups is 1. The highest BCUT2D eigenvalue weighted by Crippen LogP contribution is 2.59. The quantitative estimate of drug-likeness (QED) is 0.484. The lowest BCUT2D eigenvalue weighted by atomic mass is 9.50. The zero-order valence-corrected chi connectivity index (χ0v) is 22.9. The molecule has 0 spiro atoms. The molecule has 10 heteroatoms. The number of hydrogen-bond donors (Lipinski definition) is 3. The Hall–Kier alpha value is -1.87. The molecule has 1 aliphatic carbocycles. The SMILES string of the molecule is CC1N(C(=O)OC(C)(C)C)C(=O)C2(N)CCC(c3ccc(Cl)cc3Cl)C(N)(c3ccc(Cl)cc3)C12N. The normalized spacial score (nSPS) is 32.4. The van der Waals surface area contributed by atoms with Crippen LogP contribution in [0.1, 0.15) is 57.6 Å². The predicted molar refractivity (Wildman–Crippen MR) is 142 cm³/mol. The summed E-state index contributed by atoms with van der Waals surface area (Å²) < 4.78 is 5.55. The van der Waals surface area contributed by atoms with Crippen molar-refractivity contribution in [2.45, 2.75) is 74.7 Å². The van der Waals surface area contributed by atoms with Gasteiger partial charge in [0.1, 0.15) is 11.1 Å². The van der Waals surface area contributed by atoms with Gasteiger partial charge in [-0.05, 0) is 75.9 Å². The third-order valence-corrected chi connectivity index (χ3v) is 8.51. The van der Waals surface area contributed by atoms with Gasteiger partial charge in [-0.15, -0.1) is 0 Å². The highest BCUT2D eigenvalue weighted by molar-refractivity contribution is 6.35. The summed E-state index contributed by atoms with van der Waals surface area (Å²) in [6.45, 7) is 6.84. The van der Waals surface area contributed by atoms with Crippen LogP contribution < -0.4 is 17.2 Å². The van der Waals surface area contributed by atoms with Crippen LogP contribution in [0.25, 0.3) is 0 Å². The van der Waals surface area contributed by atoms with Gasteiger partial charge in [0, 0.05) is 21.0 Å². The third kappa shape index (κ3) is 3.83. The lowest BCUT2D eigenvalue weighted by Crippen LogP contribution is -2.83. The summed E-state index contributed by atoms with van der Waals surface area (Å²) in [6, 6.07) is 11.2. The molecule has 2 aromatic rings. The summed E-state index contributed by atoms with van der Waals surface area (Å²) in [5, 5.41) is 1.41. The first-order valence-electron chi connectivity index (χ1n) is 11.7. The number of rotatable bonds is 2. The number of amides is 2. The molecule has 36 heavy (non-hydrogen) atoms. The number of hydrogen-bond acceptors (Lipinski definition) is 6. The van der Waals surface area contributed by atoms with E-state index in [-0.39, 0.29) is 6.42 Å². The van der Waals surface area contributed by atoms with Crippen molar-refractivity contribution in [3.8, 4) is 0 Å². The van der Waals surface area contributed by atoms with E-state index >= 15 is 0 Å². The highest BCUT2D eigenvalue weighted by Gasteiger charge is 2.76. The fourth-order valence-electron chi connectivity index (χ4n) is 5.96. The van der Waals surface area contributed by atoms with Gasteiger partial charge in [-0.1, -0.05) is 53.0 Å². The number of halogens is 3. The van der Waals surface area contributed by atoms with E-state index in [1.165, 1.54) is 0 Å². The van der Waals surface area contributed by atoms with Gasteiger partial charge in [-0.25, -0.2) is 9.69 Å². The van der Waals surface area contributed by atoms with Crippen molar-refractivity contribution < 1.29 is 14.3 Å². The summed E-state index contributed by atoms with van der Waals surface area (Å²) in [6.07, 6.45) is -0.248. The standard InChI is InChI=1S/C26H31Cl3N4O3/c1-14-26(32)24(30,21(34)33(14)22(35)36-23(2,3)4)12-11-19(18-10-9-17(28)13-20(18)29)25(26,31)15-5-7-16(27)8-6-15/h5-10,13-14,19H,11-12,30-32H2,1-4H3. The van der Waals surface area contributed by atoms with Crippen LogP contribution in [0.3, 0.4) is 0 Å². The largest absolute Gasteiger partial charge is 0.443 e. The number of ether oxygens (including phenoxy) is 1. The smallest absolute Gasteiger partial charge is 0.417 e. The first-order valence-corrected chi connectivity index (χ1v) is 12.9. The van der Waals surface area contributed by atoms with E-state index in [4.69, 9.17) is 56.7 Å². The molecule has 1 saturated heterocycles. The molecule has 0 radical (unpaired) electrons. The van der Waals surface area contributed by atoms with E-state index in [1.54, 1.807) is 64.1 Å². The maximum absolute atomic E-state index is 13.8. The summed E-state index contributed by atoms with van der Waals surface area (Å²) in [5.41, 5.74) is 17.4. The zero-order chi connectivity index (χ0) is 26.8. The molecule has 6 N–H and O–H groups in total. The Morgan fingerprint density at radius 1 is 1.03 bits per heavy atom. The minimum Gasteiger partial charge on any atom is -0.443 e. The molecule has 5 unspecified atom stereocenters. The molecule has 194 valence electrons. The summed E-state index contributed by atoms with van der Waals surface area (Å²) in [5.74, 6) is -1.07. The molecule has 7 nitrogen and oxygen atoms in total. The van der Waals surface area contributed by atoms with Gasteiger partial charge < -0.3 is 21.9 Å². The van der Waals surface area contributed by atoms with Crippen molar-refractivity contribution in [1.82, 2.24) is 4.90 Å². The van der Waals surface area contributed by atoms with Crippen molar-refractivity contribution in [1.29, 1.82) is 0 Å². The molecule has 4 rings (SSSR count). The molecule has 0 aromatic heterocycles. The number of likely N-dealkylation sites (tertiary alicyclic amines) is 1. The second-order valence-corrected chi connectivity index (χ2v) is 12.1. The van der Waals surface area contributed by atoms with Gasteiger partial charge in [0.15, 0.2) is 0 Å². The van der Waals surface area contributed by atoms with Crippen LogP contribution in [0.5, 0.6) is 0 Å². The van der Waals surface area contributed by atoms with Crippen LogP contribution in [0.2, 0.25) is 15.1 Å². The molecular weight excluding hydrogens is 523 g/mol. The van der Waals surface area contributed by atoms with E-state index in [0.717, 1.165) is 10.5 Å². The fourth-order valence-corrected chi connectivity index (χ4v) is 6.63. The Morgan fingerprint density at radius 3 is 2.17 bits per heavy atom. The number of benzene rings is 2. The highest BCUT2D eigenvalue weighted by atomic mass is 35.5. The lowest BCUT2D eigenvalue weighted by Gasteiger charge is -2.59. The maximum Gasteiger partial charge on any atom is 0.417 e. The zero-order valence-electron chi connectivity index (χ0n) is 20.6. The van der Waals surface area contributed by atoms with Crippen molar-refractivity contribution in [2.24, 2.45) is 17.2 Å². The summed E-state index contributed by atoms with van der Waals surface area (Å²) in [7, 11) is 0. The lowest BCUT2D eigenvalue weighted by molar-refractivity contribution is -0.133. The molecule has 1 saturated carbocycles. The first-order chi connectivity index (χ1) is 16.6. The average Bonchev–Trinajstić information content (AvgIpc) is 2.93. The molecule has 0 bridgehead atoms. The van der Waals surface area contributed by atoms with Gasteiger partial charge in [0.05, 0.1) is 17.1 Å². The van der Waals surface area contributed by atoms with Gasteiger partial charge in [-0.3, -0.25) is 4.79 Å². The minimum absolute atomic E-state index is 0.183. The van der Waals surface area contributed by atoms with E-state index in [1.807, 2.05) is 6.07 Å².